The van der Waals surface area contributed by atoms with Crippen molar-refractivity contribution in [3.8, 4) is 0 Å². The maximum Gasteiger partial charge on any atom is 0.306 e. The van der Waals surface area contributed by atoms with Gasteiger partial charge in [0.2, 0.25) is 11.8 Å². The Kier molecular flexibility index (Phi) is 15.8. The summed E-state index contributed by atoms with van der Waals surface area (Å²) < 4.78 is 5.70. The van der Waals surface area contributed by atoms with Gasteiger partial charge in [0.25, 0.3) is 5.91 Å². The van der Waals surface area contributed by atoms with Gasteiger partial charge in [-0.25, -0.2) is 4.98 Å². The first kappa shape index (κ1) is 40.6. The third kappa shape index (κ3) is 12.2. The second-order valence-electron chi connectivity index (χ2n) is 14.0. The predicted octanol–water partition coefficient (Wildman–Crippen LogP) is 4.75. The Morgan fingerprint density at radius 3 is 2.32 bits per heavy atom. The summed E-state index contributed by atoms with van der Waals surface area (Å²) in [6.07, 6.45) is 3.49. The van der Waals surface area contributed by atoms with Crippen LogP contribution in [0.25, 0.3) is 0 Å². The van der Waals surface area contributed by atoms with Gasteiger partial charge in [-0.05, 0) is 56.7 Å². The molecule has 1 aromatic heterocycles. The largest absolute Gasteiger partial charge is 0.481 e. The van der Waals surface area contributed by atoms with Gasteiger partial charge in [-0.3, -0.25) is 28.9 Å². The number of likely N-dealkylation sites (N-methyl/N-ethyl adjacent to an activating group) is 1. The number of aromatic nitrogens is 1. The number of nitrogens with one attached hydrogen (secondary N) is 3. The molecule has 4 N–H and O–H groups in total. The molecule has 1 saturated heterocycles. The van der Waals surface area contributed by atoms with Crippen molar-refractivity contribution in [3.05, 3.63) is 52.0 Å². The Balaban J connectivity index is 1.76. The quantitative estimate of drug-likeness (QED) is 0.160. The van der Waals surface area contributed by atoms with Crippen molar-refractivity contribution in [3.63, 3.8) is 0 Å². The van der Waals surface area contributed by atoms with Gasteiger partial charge in [-0.15, -0.1) is 11.3 Å². The molecular formula is C37H55N5O7S. The Labute approximate surface area is 300 Å². The molecule has 0 aliphatic carbocycles. The number of carbonyl (C=O) groups is 5. The van der Waals surface area contributed by atoms with Crippen molar-refractivity contribution in [1.29, 1.82) is 0 Å². The zero-order valence-corrected chi connectivity index (χ0v) is 31.3. The number of carboxylic acids is 1. The van der Waals surface area contributed by atoms with Crippen molar-refractivity contribution >= 4 is 41.0 Å². The van der Waals surface area contributed by atoms with Crippen molar-refractivity contribution in [2.45, 2.75) is 117 Å². The van der Waals surface area contributed by atoms with Crippen molar-refractivity contribution in [2.24, 2.45) is 17.8 Å². The minimum Gasteiger partial charge on any atom is -0.481 e. The molecule has 50 heavy (non-hydrogen) atoms. The fourth-order valence-electron chi connectivity index (χ4n) is 6.18. The van der Waals surface area contributed by atoms with Crippen LogP contribution in [0.4, 0.5) is 0 Å². The molecule has 0 saturated carbocycles. The second kappa shape index (κ2) is 19.5. The molecule has 12 nitrogen and oxygen atoms in total. The van der Waals surface area contributed by atoms with E-state index in [0.717, 1.165) is 31.4 Å². The van der Waals surface area contributed by atoms with Crippen LogP contribution >= 0.6 is 11.3 Å². The van der Waals surface area contributed by atoms with Gasteiger partial charge in [0.1, 0.15) is 16.7 Å². The van der Waals surface area contributed by atoms with Gasteiger partial charge >= 0.3 is 11.9 Å². The van der Waals surface area contributed by atoms with Crippen molar-refractivity contribution < 1.29 is 33.8 Å². The van der Waals surface area contributed by atoms with E-state index < -0.39 is 48.0 Å². The molecule has 276 valence electrons. The Hall–Kier alpha value is -3.84. The van der Waals surface area contributed by atoms with Crippen LogP contribution in [-0.4, -0.2) is 82.4 Å². The number of piperidine rings is 1. The van der Waals surface area contributed by atoms with Crippen LogP contribution in [0.5, 0.6) is 0 Å². The van der Waals surface area contributed by atoms with Crippen LogP contribution in [-0.2, 0) is 30.3 Å². The van der Waals surface area contributed by atoms with Gasteiger partial charge in [0.05, 0.1) is 12.0 Å². The molecule has 0 bridgehead atoms. The van der Waals surface area contributed by atoms with Gasteiger partial charge in [-0.2, -0.15) is 0 Å². The SMILES string of the molecule is CCC(C)[C@H](NC(=O)[C@H]1CCCCN1C)C(=O)N[C@H](C[C@@H](OC(C)=O)c1nc(C(=O)N[C@@H](Cc2ccccc2)C[C@H](C)C(=O)O)cs1)C(C)C. The summed E-state index contributed by atoms with van der Waals surface area (Å²) in [6, 6.07) is 7.61. The van der Waals surface area contributed by atoms with Gasteiger partial charge in [-0.1, -0.05) is 77.8 Å². The average Bonchev–Trinajstić information content (AvgIpc) is 3.57. The molecule has 1 fully saturated rings. The van der Waals surface area contributed by atoms with Crippen LogP contribution in [0, 0.1) is 17.8 Å². The molecule has 1 unspecified atom stereocenters. The molecular weight excluding hydrogens is 659 g/mol. The molecule has 3 rings (SSSR count). The smallest absolute Gasteiger partial charge is 0.306 e. The van der Waals surface area contributed by atoms with E-state index in [9.17, 15) is 29.1 Å². The third-order valence-corrected chi connectivity index (χ3v) is 10.5. The summed E-state index contributed by atoms with van der Waals surface area (Å²) in [4.78, 5) is 70.9. The minimum absolute atomic E-state index is 0.0625. The number of esters is 1. The summed E-state index contributed by atoms with van der Waals surface area (Å²) in [6.45, 7) is 11.6. The van der Waals surface area contributed by atoms with Gasteiger partial charge < -0.3 is 25.8 Å². The number of carboxylic acid groups (broad SMARTS) is 1. The van der Waals surface area contributed by atoms with E-state index in [2.05, 4.69) is 20.9 Å². The molecule has 7 atom stereocenters. The zero-order chi connectivity index (χ0) is 37.0. The Morgan fingerprint density at radius 2 is 1.72 bits per heavy atom. The summed E-state index contributed by atoms with van der Waals surface area (Å²) >= 11 is 1.17. The summed E-state index contributed by atoms with van der Waals surface area (Å²) in [7, 11) is 1.93. The van der Waals surface area contributed by atoms with E-state index in [0.29, 0.717) is 17.8 Å². The number of benzene rings is 1. The van der Waals surface area contributed by atoms with E-state index in [1.165, 1.54) is 18.3 Å². The number of thiazole rings is 1. The fraction of sp³-hybridized carbons (Fsp3) is 0.622. The predicted molar refractivity (Wildman–Crippen MR) is 192 cm³/mol. The second-order valence-corrected chi connectivity index (χ2v) is 14.9. The summed E-state index contributed by atoms with van der Waals surface area (Å²) in [5.74, 6) is -3.24. The van der Waals surface area contributed by atoms with Gasteiger partial charge in [0, 0.05) is 30.8 Å². The van der Waals surface area contributed by atoms with Crippen LogP contribution < -0.4 is 16.0 Å². The van der Waals surface area contributed by atoms with Crippen LogP contribution in [0.1, 0.15) is 107 Å². The highest BCUT2D eigenvalue weighted by atomic mass is 32.1. The minimum atomic E-state index is -0.945. The third-order valence-electron chi connectivity index (χ3n) is 9.52. The lowest BCUT2D eigenvalue weighted by Crippen LogP contribution is -2.57. The molecule has 2 heterocycles. The van der Waals surface area contributed by atoms with E-state index >= 15 is 0 Å². The first-order chi connectivity index (χ1) is 23.7. The Morgan fingerprint density at radius 1 is 1.02 bits per heavy atom. The van der Waals surface area contributed by atoms with Gasteiger partial charge in [0.15, 0.2) is 6.10 Å². The lowest BCUT2D eigenvalue weighted by molar-refractivity contribution is -0.147. The number of amides is 3. The summed E-state index contributed by atoms with van der Waals surface area (Å²) in [5.41, 5.74) is 1.09. The lowest BCUT2D eigenvalue weighted by atomic mass is 9.94. The van der Waals surface area contributed by atoms with E-state index in [1.807, 2.05) is 70.0 Å². The number of carbonyl (C=O) groups excluding carboxylic acids is 4. The molecule has 13 heteroatoms. The number of aliphatic carboxylic acids is 1. The van der Waals surface area contributed by atoms with Crippen molar-refractivity contribution in [2.75, 3.05) is 13.6 Å². The molecule has 1 aromatic carbocycles. The van der Waals surface area contributed by atoms with Crippen LogP contribution in [0.15, 0.2) is 35.7 Å². The highest BCUT2D eigenvalue weighted by Gasteiger charge is 2.34. The fourth-order valence-corrected chi connectivity index (χ4v) is 7.02. The number of ether oxygens (including phenoxy) is 1. The standard InChI is InChI=1S/C37H55N5O7S/c1-8-23(4)32(41-34(45)30-16-12-13-17-42(30)7)35(46)39-28(22(2)3)20-31(49-25(6)43)36-40-29(21-50-36)33(44)38-27(18-24(5)37(47)48)19-26-14-10-9-11-15-26/h9-11,14-15,21-24,27-28,30-32H,8,12-13,16-20H2,1-7H3,(H,38,44)(H,39,46)(H,41,45)(H,47,48)/t23?,24-,27+,28+,30+,31+,32-/m0/s1. The first-order valence-corrected chi connectivity index (χ1v) is 18.6. The molecule has 2 aromatic rings. The maximum atomic E-state index is 13.8. The van der Waals surface area contributed by atoms with E-state index in [-0.39, 0.29) is 48.2 Å². The molecule has 1 aliphatic rings. The van der Waals surface area contributed by atoms with E-state index in [1.54, 1.807) is 12.3 Å². The molecule has 0 radical (unpaired) electrons. The number of rotatable bonds is 18. The molecule has 3 amide bonds. The normalized spacial score (nSPS) is 18.6. The number of hydrogen-bond donors (Lipinski definition) is 4. The monoisotopic (exact) mass is 713 g/mol. The maximum absolute atomic E-state index is 13.8. The number of nitrogens with zero attached hydrogens (tertiary/aromatic N) is 2. The Bertz CT molecular complexity index is 1430. The molecule has 1 aliphatic heterocycles. The molecule has 0 spiro atoms. The highest BCUT2D eigenvalue weighted by molar-refractivity contribution is 7.09. The van der Waals surface area contributed by atoms with Crippen LogP contribution in [0.2, 0.25) is 0 Å². The summed E-state index contributed by atoms with van der Waals surface area (Å²) in [5, 5.41) is 20.6. The number of likely N-dealkylation sites (tertiary alicyclic amines) is 1. The van der Waals surface area contributed by atoms with E-state index in [4.69, 9.17) is 4.74 Å². The zero-order valence-electron chi connectivity index (χ0n) is 30.4. The topological polar surface area (TPSA) is 167 Å². The first-order valence-electron chi connectivity index (χ1n) is 17.7. The van der Waals surface area contributed by atoms with Crippen molar-refractivity contribution in [1.82, 2.24) is 25.8 Å². The highest BCUT2D eigenvalue weighted by Crippen LogP contribution is 2.29. The van der Waals surface area contributed by atoms with Crippen LogP contribution in [0.3, 0.4) is 0 Å². The number of hydrogen-bond acceptors (Lipinski definition) is 9. The lowest BCUT2D eigenvalue weighted by Gasteiger charge is -2.34. The average molecular weight is 714 g/mol.